The molecule has 1 aliphatic heterocycles. The molecule has 0 aromatic rings. The summed E-state index contributed by atoms with van der Waals surface area (Å²) in [6.07, 6.45) is 3.74. The van der Waals surface area contributed by atoms with Gasteiger partial charge in [0, 0.05) is 58.6 Å². The fourth-order valence-electron chi connectivity index (χ4n) is 2.66. The minimum absolute atomic E-state index is 0.146. The van der Waals surface area contributed by atoms with Crippen molar-refractivity contribution in [3.63, 3.8) is 0 Å². The van der Waals surface area contributed by atoms with E-state index in [0.29, 0.717) is 19.6 Å². The van der Waals surface area contributed by atoms with Crippen molar-refractivity contribution in [2.45, 2.75) is 26.7 Å². The van der Waals surface area contributed by atoms with Gasteiger partial charge in [-0.15, -0.1) is 0 Å². The van der Waals surface area contributed by atoms with Crippen LogP contribution in [0.4, 0.5) is 0 Å². The molecule has 22 heavy (non-hydrogen) atoms. The molecule has 0 saturated carbocycles. The molecular formula is C16H29N5O. The van der Waals surface area contributed by atoms with Gasteiger partial charge in [0.15, 0.2) is 0 Å². The summed E-state index contributed by atoms with van der Waals surface area (Å²) in [7, 11) is 0. The lowest BCUT2D eigenvalue weighted by molar-refractivity contribution is -0.128. The third-order valence-corrected chi connectivity index (χ3v) is 3.79. The van der Waals surface area contributed by atoms with Crippen molar-refractivity contribution in [1.29, 1.82) is 5.26 Å². The number of carbonyl (C=O) groups is 1. The monoisotopic (exact) mass is 307 g/mol. The van der Waals surface area contributed by atoms with Crippen LogP contribution in [-0.4, -0.2) is 73.0 Å². The molecule has 0 aromatic heterocycles. The molecule has 124 valence electrons. The molecule has 1 rings (SSSR count). The zero-order valence-corrected chi connectivity index (χ0v) is 13.9. The molecule has 0 unspecified atom stereocenters. The van der Waals surface area contributed by atoms with E-state index in [9.17, 15) is 10.1 Å². The molecule has 6 nitrogen and oxygen atoms in total. The van der Waals surface area contributed by atoms with Crippen molar-refractivity contribution in [3.8, 4) is 6.07 Å². The maximum atomic E-state index is 12.5. The lowest BCUT2D eigenvalue weighted by Crippen LogP contribution is -2.50. The number of nitrogens with zero attached hydrogens (tertiary/aromatic N) is 4. The highest BCUT2D eigenvalue weighted by Crippen LogP contribution is 2.08. The Kier molecular flexibility index (Phi) is 8.56. The van der Waals surface area contributed by atoms with Crippen LogP contribution < -0.4 is 5.73 Å². The van der Waals surface area contributed by atoms with Crippen LogP contribution in [0.3, 0.4) is 0 Å². The number of piperazine rings is 1. The molecule has 1 aliphatic rings. The van der Waals surface area contributed by atoms with Crippen LogP contribution in [0.2, 0.25) is 0 Å². The third-order valence-electron chi connectivity index (χ3n) is 3.79. The summed E-state index contributed by atoms with van der Waals surface area (Å²) < 4.78 is 0. The Hall–Kier alpha value is -1.58. The predicted molar refractivity (Wildman–Crippen MR) is 87.9 cm³/mol. The Morgan fingerprint density at radius 1 is 1.23 bits per heavy atom. The van der Waals surface area contributed by atoms with Crippen LogP contribution >= 0.6 is 0 Å². The van der Waals surface area contributed by atoms with Gasteiger partial charge in [0.2, 0.25) is 0 Å². The summed E-state index contributed by atoms with van der Waals surface area (Å²) in [4.78, 5) is 18.6. The standard InChI is InChI=1S/C16H29N5O/c1-3-6-20(7-4-2)14-15(13-18)16(22)21-11-9-19(8-5-17)10-12-21/h14H,3-12,17H2,1-2H3/b15-14-. The highest BCUT2D eigenvalue weighted by atomic mass is 16.2. The Bertz CT molecular complexity index is 401. The van der Waals surface area contributed by atoms with Crippen molar-refractivity contribution in [2.24, 2.45) is 5.73 Å². The summed E-state index contributed by atoms with van der Waals surface area (Å²) in [6.45, 7) is 10.4. The minimum atomic E-state index is -0.146. The first kappa shape index (κ1) is 18.5. The fourth-order valence-corrected chi connectivity index (χ4v) is 2.66. The zero-order valence-electron chi connectivity index (χ0n) is 13.9. The van der Waals surface area contributed by atoms with E-state index in [1.54, 1.807) is 11.1 Å². The second kappa shape index (κ2) is 10.2. The van der Waals surface area contributed by atoms with Gasteiger partial charge in [0.1, 0.15) is 11.6 Å². The van der Waals surface area contributed by atoms with Crippen molar-refractivity contribution in [2.75, 3.05) is 52.4 Å². The van der Waals surface area contributed by atoms with Gasteiger partial charge in [-0.25, -0.2) is 0 Å². The maximum Gasteiger partial charge on any atom is 0.266 e. The summed E-state index contributed by atoms with van der Waals surface area (Å²) in [5, 5.41) is 9.33. The lowest BCUT2D eigenvalue weighted by Gasteiger charge is -2.34. The Morgan fingerprint density at radius 3 is 2.27 bits per heavy atom. The highest BCUT2D eigenvalue weighted by Gasteiger charge is 2.23. The lowest BCUT2D eigenvalue weighted by atomic mass is 10.2. The molecule has 1 fully saturated rings. The minimum Gasteiger partial charge on any atom is -0.376 e. The van der Waals surface area contributed by atoms with Gasteiger partial charge in [-0.2, -0.15) is 5.26 Å². The number of rotatable bonds is 8. The first-order valence-electron chi connectivity index (χ1n) is 8.23. The van der Waals surface area contributed by atoms with E-state index in [0.717, 1.165) is 45.6 Å². The van der Waals surface area contributed by atoms with Gasteiger partial charge in [0.25, 0.3) is 5.91 Å². The van der Waals surface area contributed by atoms with E-state index in [4.69, 9.17) is 5.73 Å². The second-order valence-electron chi connectivity index (χ2n) is 5.61. The summed E-state index contributed by atoms with van der Waals surface area (Å²) in [5.74, 6) is -0.146. The maximum absolute atomic E-state index is 12.5. The van der Waals surface area contributed by atoms with Gasteiger partial charge >= 0.3 is 0 Å². The normalized spacial score (nSPS) is 16.5. The molecule has 2 N–H and O–H groups in total. The highest BCUT2D eigenvalue weighted by molar-refractivity contribution is 5.97. The van der Waals surface area contributed by atoms with Crippen molar-refractivity contribution in [3.05, 3.63) is 11.8 Å². The van der Waals surface area contributed by atoms with Crippen LogP contribution in [-0.2, 0) is 4.79 Å². The first-order chi connectivity index (χ1) is 10.7. The molecule has 1 heterocycles. The first-order valence-corrected chi connectivity index (χ1v) is 8.23. The molecule has 1 amide bonds. The van der Waals surface area contributed by atoms with Gasteiger partial charge in [0.05, 0.1) is 0 Å². The molecule has 0 aromatic carbocycles. The van der Waals surface area contributed by atoms with E-state index < -0.39 is 0 Å². The topological polar surface area (TPSA) is 76.6 Å². The number of nitrogens with two attached hydrogens (primary N) is 1. The van der Waals surface area contributed by atoms with Gasteiger partial charge in [-0.05, 0) is 12.8 Å². The SMILES string of the molecule is CCCN(/C=C(/C#N)C(=O)N1CCN(CCN)CC1)CCC. The largest absolute Gasteiger partial charge is 0.376 e. The molecule has 6 heteroatoms. The molecular weight excluding hydrogens is 278 g/mol. The van der Waals surface area contributed by atoms with Crippen LogP contribution in [0, 0.1) is 11.3 Å². The average molecular weight is 307 g/mol. The molecule has 0 spiro atoms. The summed E-state index contributed by atoms with van der Waals surface area (Å²) in [6, 6.07) is 2.08. The average Bonchev–Trinajstić information content (AvgIpc) is 2.53. The van der Waals surface area contributed by atoms with E-state index in [1.807, 2.05) is 0 Å². The summed E-state index contributed by atoms with van der Waals surface area (Å²) >= 11 is 0. The molecule has 0 atom stereocenters. The molecule has 0 aliphatic carbocycles. The van der Waals surface area contributed by atoms with Crippen LogP contribution in [0.15, 0.2) is 11.8 Å². The zero-order chi connectivity index (χ0) is 16.4. The van der Waals surface area contributed by atoms with Crippen molar-refractivity contribution in [1.82, 2.24) is 14.7 Å². The quantitative estimate of drug-likeness (QED) is 0.525. The predicted octanol–water partition coefficient (Wildman–Crippen LogP) is 0.619. The van der Waals surface area contributed by atoms with Crippen molar-refractivity contribution < 1.29 is 4.79 Å². The van der Waals surface area contributed by atoms with Gasteiger partial charge in [-0.3, -0.25) is 9.69 Å². The smallest absolute Gasteiger partial charge is 0.266 e. The van der Waals surface area contributed by atoms with E-state index in [2.05, 4.69) is 29.7 Å². The van der Waals surface area contributed by atoms with Crippen LogP contribution in [0.25, 0.3) is 0 Å². The molecule has 1 saturated heterocycles. The number of hydrogen-bond acceptors (Lipinski definition) is 5. The molecule has 0 bridgehead atoms. The third kappa shape index (κ3) is 5.66. The Balaban J connectivity index is 2.66. The van der Waals surface area contributed by atoms with Crippen molar-refractivity contribution >= 4 is 5.91 Å². The number of hydrogen-bond donors (Lipinski definition) is 1. The fraction of sp³-hybridized carbons (Fsp3) is 0.750. The van der Waals surface area contributed by atoms with E-state index in [-0.39, 0.29) is 11.5 Å². The van der Waals surface area contributed by atoms with E-state index >= 15 is 0 Å². The number of nitriles is 1. The van der Waals surface area contributed by atoms with Crippen LogP contribution in [0.5, 0.6) is 0 Å². The molecule has 0 radical (unpaired) electrons. The number of amides is 1. The number of carbonyl (C=O) groups excluding carboxylic acids is 1. The van der Waals surface area contributed by atoms with E-state index in [1.165, 1.54) is 0 Å². The Labute approximate surface area is 134 Å². The van der Waals surface area contributed by atoms with Crippen LogP contribution in [0.1, 0.15) is 26.7 Å². The van der Waals surface area contributed by atoms with Gasteiger partial charge in [-0.1, -0.05) is 13.8 Å². The second-order valence-corrected chi connectivity index (χ2v) is 5.61. The summed E-state index contributed by atoms with van der Waals surface area (Å²) in [5.41, 5.74) is 5.80. The Morgan fingerprint density at radius 2 is 1.82 bits per heavy atom. The van der Waals surface area contributed by atoms with Gasteiger partial charge < -0.3 is 15.5 Å².